The van der Waals surface area contributed by atoms with Gasteiger partial charge < -0.3 is 14.2 Å². The van der Waals surface area contributed by atoms with Crippen LogP contribution in [-0.4, -0.2) is 37.2 Å². The molecule has 0 aliphatic heterocycles. The summed E-state index contributed by atoms with van der Waals surface area (Å²) in [5.41, 5.74) is 0. The van der Waals surface area contributed by atoms with E-state index in [-0.39, 0.29) is 31.1 Å². The third-order valence-corrected chi connectivity index (χ3v) is 10.8. The van der Waals surface area contributed by atoms with Crippen LogP contribution in [0.5, 0.6) is 0 Å². The number of rotatable bonds is 46. The zero-order chi connectivity index (χ0) is 46.5. The molecular weight excluding hydrogens is 793 g/mol. The second kappa shape index (κ2) is 52.0. The van der Waals surface area contributed by atoms with Gasteiger partial charge in [-0.15, -0.1) is 0 Å². The largest absolute Gasteiger partial charge is 0.462 e. The summed E-state index contributed by atoms with van der Waals surface area (Å²) < 4.78 is 16.8. The maximum Gasteiger partial charge on any atom is 0.306 e. The Labute approximate surface area is 394 Å². The minimum Gasteiger partial charge on any atom is -0.462 e. The number of ether oxygens (including phenoxy) is 3. The molecule has 0 spiro atoms. The summed E-state index contributed by atoms with van der Waals surface area (Å²) in [5, 5.41) is 0. The molecule has 0 rings (SSSR count). The monoisotopic (exact) mass is 889 g/mol. The molecule has 0 fully saturated rings. The highest BCUT2D eigenvalue weighted by Gasteiger charge is 2.19. The van der Waals surface area contributed by atoms with E-state index in [4.69, 9.17) is 14.2 Å². The lowest BCUT2D eigenvalue weighted by atomic mass is 10.1. The van der Waals surface area contributed by atoms with Crippen molar-refractivity contribution in [2.45, 2.75) is 239 Å². The van der Waals surface area contributed by atoms with E-state index in [0.29, 0.717) is 19.3 Å². The van der Waals surface area contributed by atoms with E-state index in [9.17, 15) is 14.4 Å². The molecule has 0 N–H and O–H groups in total. The molecule has 64 heavy (non-hydrogen) atoms. The molecule has 0 bridgehead atoms. The van der Waals surface area contributed by atoms with E-state index in [1.807, 2.05) is 0 Å². The Hall–Kier alpha value is -3.67. The lowest BCUT2D eigenvalue weighted by molar-refractivity contribution is -0.167. The van der Waals surface area contributed by atoms with Crippen molar-refractivity contribution in [2.24, 2.45) is 0 Å². The predicted molar refractivity (Wildman–Crippen MR) is 274 cm³/mol. The normalized spacial score (nSPS) is 12.9. The number of carbonyl (C=O) groups is 3. The van der Waals surface area contributed by atoms with Crippen molar-refractivity contribution >= 4 is 17.9 Å². The van der Waals surface area contributed by atoms with Crippen LogP contribution in [0.4, 0.5) is 0 Å². The van der Waals surface area contributed by atoms with Crippen molar-refractivity contribution in [2.75, 3.05) is 13.2 Å². The number of unbranched alkanes of at least 4 members (excludes halogenated alkanes) is 19. The number of allylic oxidation sites excluding steroid dienone is 16. The number of hydrogen-bond acceptors (Lipinski definition) is 6. The zero-order valence-electron chi connectivity index (χ0n) is 41.5. The van der Waals surface area contributed by atoms with Gasteiger partial charge in [-0.05, 0) is 116 Å². The molecule has 0 aliphatic carbocycles. The molecule has 0 amide bonds. The molecule has 0 radical (unpaired) electrons. The van der Waals surface area contributed by atoms with E-state index >= 15 is 0 Å². The second-order valence-electron chi connectivity index (χ2n) is 17.0. The molecule has 6 nitrogen and oxygen atoms in total. The SMILES string of the molecule is CC/C=C\C/C=C\C/C=C\C/C=C\CCCCCCCCC(=O)OCC(COC(=O)CCCCC/C=C\CCCCCCCC)OC(=O)CCCCCC/C=C\C/C=C\C/C=C\CC. The fourth-order valence-electron chi connectivity index (χ4n) is 6.91. The first-order chi connectivity index (χ1) is 31.5. The summed E-state index contributed by atoms with van der Waals surface area (Å²) in [5.74, 6) is -0.954. The van der Waals surface area contributed by atoms with Gasteiger partial charge in [0.05, 0.1) is 0 Å². The zero-order valence-corrected chi connectivity index (χ0v) is 41.5. The Morgan fingerprint density at radius 1 is 0.328 bits per heavy atom. The molecule has 0 aromatic carbocycles. The van der Waals surface area contributed by atoms with Crippen molar-refractivity contribution in [3.05, 3.63) is 97.2 Å². The van der Waals surface area contributed by atoms with Gasteiger partial charge in [0.1, 0.15) is 13.2 Å². The summed E-state index contributed by atoms with van der Waals surface area (Å²) in [6.45, 7) is 6.35. The van der Waals surface area contributed by atoms with E-state index in [2.05, 4.69) is 118 Å². The average Bonchev–Trinajstić information content (AvgIpc) is 3.29. The topological polar surface area (TPSA) is 78.9 Å². The maximum atomic E-state index is 12.8. The second-order valence-corrected chi connectivity index (χ2v) is 17.0. The molecule has 6 heteroatoms. The Morgan fingerprint density at radius 2 is 0.609 bits per heavy atom. The standard InChI is InChI=1S/C58H96O6/c1-4-7-10-13-16-19-22-25-27-28-29-30-31-34-36-39-42-45-48-51-57(60)63-54-55(53-62-56(59)50-47-44-41-38-35-32-24-21-18-15-12-9-6-3)64-58(61)52-49-46-43-40-37-33-26-23-20-17-14-11-8-5-2/h7-8,10-11,16-17,19-20,25-27,29-30,32-33,35,55H,4-6,9,12-15,18,21-24,28,31,34,36-54H2,1-3H3/b10-7-,11-8-,19-16-,20-17-,27-25-,30-29-,33-26-,35-32-. The highest BCUT2D eigenvalue weighted by molar-refractivity contribution is 5.71. The quantitative estimate of drug-likeness (QED) is 0.0262. The van der Waals surface area contributed by atoms with Gasteiger partial charge in [0.2, 0.25) is 0 Å². The number of hydrogen-bond donors (Lipinski definition) is 0. The van der Waals surface area contributed by atoms with Crippen LogP contribution in [0.15, 0.2) is 97.2 Å². The Bertz CT molecular complexity index is 1300. The van der Waals surface area contributed by atoms with Gasteiger partial charge in [0.25, 0.3) is 0 Å². The fourth-order valence-corrected chi connectivity index (χ4v) is 6.91. The van der Waals surface area contributed by atoms with Crippen LogP contribution in [0.2, 0.25) is 0 Å². The minimum atomic E-state index is -0.802. The lowest BCUT2D eigenvalue weighted by Crippen LogP contribution is -2.30. The van der Waals surface area contributed by atoms with Gasteiger partial charge in [-0.2, -0.15) is 0 Å². The van der Waals surface area contributed by atoms with Crippen LogP contribution in [0.3, 0.4) is 0 Å². The van der Waals surface area contributed by atoms with Crippen LogP contribution < -0.4 is 0 Å². The number of esters is 3. The van der Waals surface area contributed by atoms with Gasteiger partial charge in [-0.3, -0.25) is 14.4 Å². The molecule has 1 atom stereocenters. The third-order valence-electron chi connectivity index (χ3n) is 10.8. The first-order valence-corrected chi connectivity index (χ1v) is 26.2. The van der Waals surface area contributed by atoms with Gasteiger partial charge in [-0.1, -0.05) is 195 Å². The summed E-state index contributed by atoms with van der Waals surface area (Å²) in [6, 6.07) is 0. The van der Waals surface area contributed by atoms with E-state index in [1.54, 1.807) is 0 Å². The Balaban J connectivity index is 4.45. The van der Waals surface area contributed by atoms with Crippen LogP contribution in [0, 0.1) is 0 Å². The van der Waals surface area contributed by atoms with Crippen molar-refractivity contribution in [1.82, 2.24) is 0 Å². The average molecular weight is 889 g/mol. The molecule has 364 valence electrons. The Morgan fingerprint density at radius 3 is 0.984 bits per heavy atom. The molecule has 0 aromatic rings. The third kappa shape index (κ3) is 49.3. The Kier molecular flexibility index (Phi) is 49.0. The highest BCUT2D eigenvalue weighted by atomic mass is 16.6. The molecule has 0 saturated carbocycles. The van der Waals surface area contributed by atoms with Gasteiger partial charge in [0, 0.05) is 19.3 Å². The smallest absolute Gasteiger partial charge is 0.306 e. The molecule has 0 heterocycles. The first-order valence-electron chi connectivity index (χ1n) is 26.2. The van der Waals surface area contributed by atoms with Gasteiger partial charge in [-0.25, -0.2) is 0 Å². The summed E-state index contributed by atoms with van der Waals surface area (Å²) in [4.78, 5) is 38.0. The highest BCUT2D eigenvalue weighted by Crippen LogP contribution is 2.13. The summed E-state index contributed by atoms with van der Waals surface area (Å²) in [7, 11) is 0. The minimum absolute atomic E-state index is 0.100. The molecular formula is C58H96O6. The lowest BCUT2D eigenvalue weighted by Gasteiger charge is -2.18. The van der Waals surface area contributed by atoms with Gasteiger partial charge in [0.15, 0.2) is 6.10 Å². The molecule has 0 aromatic heterocycles. The number of carbonyl (C=O) groups excluding carboxylic acids is 3. The van der Waals surface area contributed by atoms with Crippen molar-refractivity contribution in [1.29, 1.82) is 0 Å². The van der Waals surface area contributed by atoms with E-state index in [0.717, 1.165) is 141 Å². The molecule has 0 aliphatic rings. The van der Waals surface area contributed by atoms with E-state index in [1.165, 1.54) is 51.4 Å². The summed E-state index contributed by atoms with van der Waals surface area (Å²) >= 11 is 0. The van der Waals surface area contributed by atoms with Crippen LogP contribution in [0.25, 0.3) is 0 Å². The molecule has 0 saturated heterocycles. The van der Waals surface area contributed by atoms with Crippen LogP contribution >= 0.6 is 0 Å². The van der Waals surface area contributed by atoms with Crippen LogP contribution in [0.1, 0.15) is 233 Å². The van der Waals surface area contributed by atoms with Crippen molar-refractivity contribution < 1.29 is 28.6 Å². The van der Waals surface area contributed by atoms with Crippen LogP contribution in [-0.2, 0) is 28.6 Å². The molecule has 1 unspecified atom stereocenters. The maximum absolute atomic E-state index is 12.8. The first kappa shape index (κ1) is 60.3. The van der Waals surface area contributed by atoms with E-state index < -0.39 is 6.10 Å². The summed E-state index contributed by atoms with van der Waals surface area (Å²) in [6.07, 6.45) is 68.2. The van der Waals surface area contributed by atoms with Crippen molar-refractivity contribution in [3.63, 3.8) is 0 Å². The predicted octanol–water partition coefficient (Wildman–Crippen LogP) is 17.4. The fraction of sp³-hybridized carbons (Fsp3) is 0.672. The van der Waals surface area contributed by atoms with Crippen molar-refractivity contribution in [3.8, 4) is 0 Å². The van der Waals surface area contributed by atoms with Gasteiger partial charge >= 0.3 is 17.9 Å².